The lowest BCUT2D eigenvalue weighted by Crippen LogP contribution is -2.43. The summed E-state index contributed by atoms with van der Waals surface area (Å²) in [4.78, 5) is 0.463. The first-order chi connectivity index (χ1) is 18.7. The Kier molecular flexibility index (Phi) is 8.92. The lowest BCUT2D eigenvalue weighted by molar-refractivity contribution is 0.325. The van der Waals surface area contributed by atoms with E-state index in [2.05, 4.69) is 32.3 Å². The smallest absolute Gasteiger partial charge is 0.207 e. The van der Waals surface area contributed by atoms with Gasteiger partial charge in [-0.1, -0.05) is 92.0 Å². The molecule has 40 heavy (non-hydrogen) atoms. The molecule has 2 aromatic rings. The van der Waals surface area contributed by atoms with Gasteiger partial charge in [-0.2, -0.15) is 8.61 Å². The summed E-state index contributed by atoms with van der Waals surface area (Å²) in [5.74, 6) is 0. The molecule has 0 radical (unpaired) electrons. The van der Waals surface area contributed by atoms with Crippen LogP contribution in [0.5, 0.6) is 0 Å². The summed E-state index contributed by atoms with van der Waals surface area (Å²) in [5.41, 5.74) is 3.70. The highest BCUT2D eigenvalue weighted by Crippen LogP contribution is 2.34. The summed E-state index contributed by atoms with van der Waals surface area (Å²) < 4.78 is 58.2. The fraction of sp³-hybridized carbons (Fsp3) is 0.355. The molecule has 0 amide bonds. The molecule has 0 saturated carbocycles. The molecule has 0 spiro atoms. The zero-order valence-electron chi connectivity index (χ0n) is 24.0. The normalized spacial score (nSPS) is 21.1. The average molecular weight is 597 g/mol. The van der Waals surface area contributed by atoms with Gasteiger partial charge in [0.1, 0.15) is 0 Å². The fourth-order valence-corrected chi connectivity index (χ4v) is 8.97. The van der Waals surface area contributed by atoms with E-state index in [1.54, 1.807) is 54.6 Å². The van der Waals surface area contributed by atoms with Gasteiger partial charge in [0.25, 0.3) is 0 Å². The Bertz CT molecular complexity index is 1550. The Hall–Kier alpha value is -2.56. The van der Waals surface area contributed by atoms with Crippen LogP contribution in [0.15, 0.2) is 106 Å². The number of benzene rings is 2. The van der Waals surface area contributed by atoms with Gasteiger partial charge >= 0.3 is 0 Å². The Morgan fingerprint density at radius 1 is 0.775 bits per heavy atom. The Morgan fingerprint density at radius 3 is 1.62 bits per heavy atom. The van der Waals surface area contributed by atoms with Crippen molar-refractivity contribution in [3.63, 3.8) is 0 Å². The van der Waals surface area contributed by atoms with Gasteiger partial charge in [-0.05, 0) is 61.7 Å². The minimum absolute atomic E-state index is 0.203. The van der Waals surface area contributed by atoms with Crippen LogP contribution in [-0.2, 0) is 20.0 Å². The maximum atomic E-state index is 13.9. The molecule has 0 N–H and O–H groups in total. The zero-order chi connectivity index (χ0) is 29.3. The van der Waals surface area contributed by atoms with Crippen molar-refractivity contribution < 1.29 is 16.8 Å². The third-order valence-corrected chi connectivity index (χ3v) is 12.5. The van der Waals surface area contributed by atoms with Crippen LogP contribution in [0.2, 0.25) is 25.7 Å². The third-order valence-electron chi connectivity index (χ3n) is 7.29. The largest absolute Gasteiger partial charge is 0.243 e. The number of nitrogens with zero attached hydrogens (tertiary/aromatic N) is 2. The van der Waals surface area contributed by atoms with Gasteiger partial charge in [0.15, 0.2) is 0 Å². The van der Waals surface area contributed by atoms with Crippen LogP contribution in [0.4, 0.5) is 0 Å². The Morgan fingerprint density at radius 2 is 1.20 bits per heavy atom. The average Bonchev–Trinajstić information content (AvgIpc) is 3.49. The molecule has 2 aliphatic rings. The first kappa shape index (κ1) is 30.4. The van der Waals surface area contributed by atoms with E-state index in [0.29, 0.717) is 6.42 Å². The first-order valence-electron chi connectivity index (χ1n) is 13.6. The highest BCUT2D eigenvalue weighted by Gasteiger charge is 2.41. The molecule has 0 aliphatic carbocycles. The molecular weight excluding hydrogens is 557 g/mol. The van der Waals surface area contributed by atoms with Crippen molar-refractivity contribution in [1.29, 1.82) is 0 Å². The predicted octanol–water partition coefficient (Wildman–Crippen LogP) is 6.07. The summed E-state index contributed by atoms with van der Waals surface area (Å²) in [6.45, 7) is 15.0. The molecule has 2 aromatic carbocycles. The van der Waals surface area contributed by atoms with Gasteiger partial charge in [-0.15, -0.1) is 0 Å². The van der Waals surface area contributed by atoms with Crippen LogP contribution in [0, 0.1) is 13.8 Å². The van der Waals surface area contributed by atoms with E-state index in [4.69, 9.17) is 0 Å². The van der Waals surface area contributed by atoms with Crippen molar-refractivity contribution in [1.82, 2.24) is 8.61 Å². The molecule has 2 aliphatic heterocycles. The maximum Gasteiger partial charge on any atom is 0.243 e. The molecule has 214 valence electrons. The molecule has 0 bridgehead atoms. The standard InChI is InChI=1S/C31H40N2O4S2Si/c1-7-26-19-28(32(22-26)38(34,35)30-14-10-24(2)11-15-30)21-29-20-27(9-8-18-40(4,5)6)23-33(29)39(36,37)31-16-12-25(3)13-17-31/h7-17,19-20,28-29H,1,18,21-23H2,2-6H3/b9-8+/t28-,29+/m1/s1. The lowest BCUT2D eigenvalue weighted by atomic mass is 10.1. The van der Waals surface area contributed by atoms with Gasteiger partial charge in [0, 0.05) is 33.2 Å². The van der Waals surface area contributed by atoms with E-state index in [-0.39, 0.29) is 22.9 Å². The van der Waals surface area contributed by atoms with E-state index < -0.39 is 40.2 Å². The third kappa shape index (κ3) is 6.83. The van der Waals surface area contributed by atoms with Gasteiger partial charge < -0.3 is 0 Å². The summed E-state index contributed by atoms with van der Waals surface area (Å²) in [5, 5.41) is 0. The van der Waals surface area contributed by atoms with Crippen molar-refractivity contribution in [3.8, 4) is 0 Å². The van der Waals surface area contributed by atoms with Crippen LogP contribution in [0.1, 0.15) is 17.5 Å². The molecule has 4 rings (SSSR count). The molecule has 2 heterocycles. The minimum atomic E-state index is -3.81. The maximum absolute atomic E-state index is 13.9. The van der Waals surface area contributed by atoms with Crippen molar-refractivity contribution in [3.05, 3.63) is 108 Å². The molecule has 6 nitrogen and oxygen atoms in total. The van der Waals surface area contributed by atoms with Crippen molar-refractivity contribution >= 4 is 28.1 Å². The lowest BCUT2D eigenvalue weighted by Gasteiger charge is -2.30. The second-order valence-corrected chi connectivity index (χ2v) is 21.3. The van der Waals surface area contributed by atoms with Gasteiger partial charge in [0.05, 0.1) is 9.79 Å². The van der Waals surface area contributed by atoms with Crippen LogP contribution in [0.25, 0.3) is 0 Å². The predicted molar refractivity (Wildman–Crippen MR) is 166 cm³/mol. The van der Waals surface area contributed by atoms with E-state index in [9.17, 15) is 16.8 Å². The summed E-state index contributed by atoms with van der Waals surface area (Å²) in [6.07, 6.45) is 10.1. The molecule has 0 unspecified atom stereocenters. The molecule has 0 saturated heterocycles. The van der Waals surface area contributed by atoms with Crippen molar-refractivity contribution in [2.45, 2.75) is 67.8 Å². The molecular formula is C31H40N2O4S2Si. The van der Waals surface area contributed by atoms with Crippen LogP contribution in [-0.4, -0.2) is 58.7 Å². The van der Waals surface area contributed by atoms with Crippen LogP contribution < -0.4 is 0 Å². The number of aryl methyl sites for hydroxylation is 2. The number of rotatable bonds is 10. The highest BCUT2D eigenvalue weighted by molar-refractivity contribution is 7.89. The summed E-state index contributed by atoms with van der Waals surface area (Å²) in [6, 6.07) is 13.7. The van der Waals surface area contributed by atoms with E-state index in [1.807, 2.05) is 32.1 Å². The topological polar surface area (TPSA) is 74.8 Å². The first-order valence-corrected chi connectivity index (χ1v) is 20.2. The van der Waals surface area contributed by atoms with Crippen LogP contribution in [0.3, 0.4) is 0 Å². The minimum Gasteiger partial charge on any atom is -0.207 e. The molecule has 0 aromatic heterocycles. The molecule has 9 heteroatoms. The quantitative estimate of drug-likeness (QED) is 0.312. The molecule has 0 fully saturated rings. The summed E-state index contributed by atoms with van der Waals surface area (Å²) >= 11 is 0. The number of hydrogen-bond donors (Lipinski definition) is 0. The van der Waals surface area contributed by atoms with E-state index >= 15 is 0 Å². The fourth-order valence-electron chi connectivity index (χ4n) is 5.00. The number of sulfonamides is 2. The number of hydrogen-bond acceptors (Lipinski definition) is 4. The summed E-state index contributed by atoms with van der Waals surface area (Å²) in [7, 11) is -8.92. The van der Waals surface area contributed by atoms with Crippen molar-refractivity contribution in [2.24, 2.45) is 0 Å². The van der Waals surface area contributed by atoms with Crippen molar-refractivity contribution in [2.75, 3.05) is 13.1 Å². The number of allylic oxidation sites excluding steroid dienone is 1. The monoisotopic (exact) mass is 596 g/mol. The van der Waals surface area contributed by atoms with E-state index in [0.717, 1.165) is 28.3 Å². The Balaban J connectivity index is 1.69. The zero-order valence-corrected chi connectivity index (χ0v) is 26.7. The highest BCUT2D eigenvalue weighted by atomic mass is 32.2. The van der Waals surface area contributed by atoms with Gasteiger partial charge in [-0.25, -0.2) is 16.8 Å². The second-order valence-electron chi connectivity index (χ2n) is 12.0. The van der Waals surface area contributed by atoms with E-state index in [1.165, 1.54) is 8.61 Å². The van der Waals surface area contributed by atoms with Gasteiger partial charge in [-0.3, -0.25) is 0 Å². The van der Waals surface area contributed by atoms with Crippen LogP contribution >= 0.6 is 0 Å². The second kappa shape index (κ2) is 11.7. The Labute approximate surface area is 241 Å². The molecule has 2 atom stereocenters. The SMILES string of the molecule is C=CC1=C[C@H](C[C@@H]2C=C(/C=C/C[Si](C)(C)C)CN2S(=O)(=O)c2ccc(C)cc2)N(S(=O)(=O)c2ccc(C)cc2)C1. The van der Waals surface area contributed by atoms with Gasteiger partial charge in [0.2, 0.25) is 20.0 Å².